The van der Waals surface area contributed by atoms with Crippen LogP contribution in [0.5, 0.6) is 0 Å². The molecule has 0 aliphatic carbocycles. The molecule has 2 N–H and O–H groups in total. The summed E-state index contributed by atoms with van der Waals surface area (Å²) in [5.41, 5.74) is 10.1. The summed E-state index contributed by atoms with van der Waals surface area (Å²) in [6.07, 6.45) is 0.843. The number of likely N-dealkylation sites (N-methyl/N-ethyl adjacent to an activating group) is 1. The van der Waals surface area contributed by atoms with E-state index in [1.54, 1.807) is 0 Å². The third kappa shape index (κ3) is 3.69. The molecule has 0 fully saturated rings. The van der Waals surface area contributed by atoms with Crippen molar-refractivity contribution < 1.29 is 0 Å². The maximum atomic E-state index is 6.75. The van der Waals surface area contributed by atoms with Gasteiger partial charge in [-0.25, -0.2) is 0 Å². The summed E-state index contributed by atoms with van der Waals surface area (Å²) in [5, 5.41) is 0. The Labute approximate surface area is 122 Å². The van der Waals surface area contributed by atoms with E-state index in [1.807, 2.05) is 6.07 Å². The highest BCUT2D eigenvalue weighted by Crippen LogP contribution is 2.24. The Morgan fingerprint density at radius 3 is 2.10 bits per heavy atom. The van der Waals surface area contributed by atoms with Crippen molar-refractivity contribution in [1.82, 2.24) is 4.90 Å². The second-order valence-corrected chi connectivity index (χ2v) is 5.92. The van der Waals surface area contributed by atoms with Crippen molar-refractivity contribution in [2.75, 3.05) is 20.6 Å². The van der Waals surface area contributed by atoms with Crippen LogP contribution in [0, 0.1) is 6.92 Å². The number of nitrogens with zero attached hydrogens (tertiary/aromatic N) is 1. The molecule has 1 atom stereocenters. The molecule has 20 heavy (non-hydrogen) atoms. The van der Waals surface area contributed by atoms with Gasteiger partial charge in [0.25, 0.3) is 0 Å². The van der Waals surface area contributed by atoms with E-state index in [9.17, 15) is 0 Å². The van der Waals surface area contributed by atoms with Crippen LogP contribution in [0.25, 0.3) is 0 Å². The van der Waals surface area contributed by atoms with Gasteiger partial charge in [-0.15, -0.1) is 0 Å². The van der Waals surface area contributed by atoms with Crippen molar-refractivity contribution in [2.45, 2.75) is 18.9 Å². The van der Waals surface area contributed by atoms with Gasteiger partial charge in [0.15, 0.2) is 0 Å². The van der Waals surface area contributed by atoms with E-state index < -0.39 is 0 Å². The van der Waals surface area contributed by atoms with Gasteiger partial charge in [-0.2, -0.15) is 0 Å². The highest BCUT2D eigenvalue weighted by molar-refractivity contribution is 5.30. The number of aryl methyl sites for hydroxylation is 1. The predicted molar refractivity (Wildman–Crippen MR) is 85.7 cm³/mol. The average Bonchev–Trinajstić information content (AvgIpc) is 2.42. The molecule has 0 spiro atoms. The summed E-state index contributed by atoms with van der Waals surface area (Å²) in [4.78, 5) is 2.15. The normalized spacial score (nSPS) is 14.2. The van der Waals surface area contributed by atoms with Gasteiger partial charge in [0.1, 0.15) is 0 Å². The summed E-state index contributed by atoms with van der Waals surface area (Å²) in [6, 6.07) is 19.0. The first-order valence-electron chi connectivity index (χ1n) is 7.04. The van der Waals surface area contributed by atoms with E-state index in [1.165, 1.54) is 16.7 Å². The molecule has 2 heteroatoms. The Bertz CT molecular complexity index is 531. The lowest BCUT2D eigenvalue weighted by Crippen LogP contribution is -2.47. The molecule has 0 saturated heterocycles. The van der Waals surface area contributed by atoms with Gasteiger partial charge in [-0.05, 0) is 38.6 Å². The molecule has 2 nitrogen and oxygen atoms in total. The van der Waals surface area contributed by atoms with E-state index in [-0.39, 0.29) is 5.54 Å². The SMILES string of the molecule is Cc1ccc(CC(N)(CN(C)C)c2ccccc2)cc1. The Kier molecular flexibility index (Phi) is 4.58. The summed E-state index contributed by atoms with van der Waals surface area (Å²) < 4.78 is 0. The van der Waals surface area contributed by atoms with Crippen molar-refractivity contribution >= 4 is 0 Å². The maximum Gasteiger partial charge on any atom is 0.0579 e. The van der Waals surface area contributed by atoms with Crippen molar-refractivity contribution in [1.29, 1.82) is 0 Å². The largest absolute Gasteiger partial charge is 0.320 e. The quantitative estimate of drug-likeness (QED) is 0.903. The lowest BCUT2D eigenvalue weighted by Gasteiger charge is -2.33. The average molecular weight is 268 g/mol. The van der Waals surface area contributed by atoms with Crippen LogP contribution in [0.1, 0.15) is 16.7 Å². The highest BCUT2D eigenvalue weighted by atomic mass is 15.1. The summed E-state index contributed by atoms with van der Waals surface area (Å²) in [5.74, 6) is 0. The van der Waals surface area contributed by atoms with Gasteiger partial charge < -0.3 is 10.6 Å². The zero-order valence-electron chi connectivity index (χ0n) is 12.6. The van der Waals surface area contributed by atoms with Crippen LogP contribution in [-0.4, -0.2) is 25.5 Å². The number of hydrogen-bond donors (Lipinski definition) is 1. The summed E-state index contributed by atoms with van der Waals surface area (Å²) >= 11 is 0. The molecule has 2 rings (SSSR count). The van der Waals surface area contributed by atoms with Gasteiger partial charge in [-0.3, -0.25) is 0 Å². The first-order chi connectivity index (χ1) is 9.49. The van der Waals surface area contributed by atoms with Crippen LogP contribution in [-0.2, 0) is 12.0 Å². The monoisotopic (exact) mass is 268 g/mol. The van der Waals surface area contributed by atoms with E-state index in [0.29, 0.717) is 0 Å². The molecule has 0 aliphatic heterocycles. The molecule has 0 heterocycles. The topological polar surface area (TPSA) is 29.3 Å². The Morgan fingerprint density at radius 1 is 0.950 bits per heavy atom. The standard InChI is InChI=1S/C18H24N2/c1-15-9-11-16(12-10-15)13-18(19,14-20(2)3)17-7-5-4-6-8-17/h4-12H,13-14,19H2,1-3H3. The Balaban J connectivity index is 2.30. The number of benzene rings is 2. The van der Waals surface area contributed by atoms with Crippen LogP contribution >= 0.6 is 0 Å². The van der Waals surface area contributed by atoms with Gasteiger partial charge in [0.2, 0.25) is 0 Å². The lowest BCUT2D eigenvalue weighted by molar-refractivity contribution is 0.283. The van der Waals surface area contributed by atoms with Gasteiger partial charge in [-0.1, -0.05) is 60.2 Å². The molecule has 0 aliphatic rings. The predicted octanol–water partition coefficient (Wildman–Crippen LogP) is 2.95. The first-order valence-corrected chi connectivity index (χ1v) is 7.04. The zero-order chi connectivity index (χ0) is 14.6. The minimum Gasteiger partial charge on any atom is -0.320 e. The third-order valence-corrected chi connectivity index (χ3v) is 3.59. The fourth-order valence-corrected chi connectivity index (χ4v) is 2.65. The third-order valence-electron chi connectivity index (χ3n) is 3.59. The first kappa shape index (κ1) is 14.8. The summed E-state index contributed by atoms with van der Waals surface area (Å²) in [6.45, 7) is 2.93. The highest BCUT2D eigenvalue weighted by Gasteiger charge is 2.28. The smallest absolute Gasteiger partial charge is 0.0579 e. The minimum atomic E-state index is -0.361. The second-order valence-electron chi connectivity index (χ2n) is 5.92. The Morgan fingerprint density at radius 2 is 1.55 bits per heavy atom. The van der Waals surface area contributed by atoms with Crippen LogP contribution in [0.4, 0.5) is 0 Å². The van der Waals surface area contributed by atoms with E-state index in [0.717, 1.165) is 13.0 Å². The molecule has 2 aromatic rings. The van der Waals surface area contributed by atoms with Gasteiger partial charge >= 0.3 is 0 Å². The van der Waals surface area contributed by atoms with Gasteiger partial charge in [0, 0.05) is 6.54 Å². The van der Waals surface area contributed by atoms with Crippen molar-refractivity contribution in [3.05, 3.63) is 71.3 Å². The summed E-state index contributed by atoms with van der Waals surface area (Å²) in [7, 11) is 4.14. The van der Waals surface area contributed by atoms with Crippen LogP contribution in [0.3, 0.4) is 0 Å². The molecule has 0 bridgehead atoms. The van der Waals surface area contributed by atoms with Gasteiger partial charge in [0.05, 0.1) is 5.54 Å². The molecule has 2 aromatic carbocycles. The number of nitrogens with two attached hydrogens (primary N) is 1. The molecule has 1 unspecified atom stereocenters. The lowest BCUT2D eigenvalue weighted by atomic mass is 9.84. The molecule has 0 saturated carbocycles. The molecule has 106 valence electrons. The van der Waals surface area contributed by atoms with Crippen molar-refractivity contribution in [2.24, 2.45) is 5.73 Å². The van der Waals surface area contributed by atoms with Crippen LogP contribution in [0.2, 0.25) is 0 Å². The van der Waals surface area contributed by atoms with E-state index >= 15 is 0 Å². The molecular weight excluding hydrogens is 244 g/mol. The van der Waals surface area contributed by atoms with Crippen LogP contribution in [0.15, 0.2) is 54.6 Å². The zero-order valence-corrected chi connectivity index (χ0v) is 12.6. The molecule has 0 radical (unpaired) electrons. The molecule has 0 amide bonds. The van der Waals surface area contributed by atoms with E-state index in [4.69, 9.17) is 5.73 Å². The maximum absolute atomic E-state index is 6.75. The number of rotatable bonds is 5. The van der Waals surface area contributed by atoms with Crippen LogP contribution < -0.4 is 5.73 Å². The molecule has 0 aromatic heterocycles. The molecular formula is C18H24N2. The fraction of sp³-hybridized carbons (Fsp3) is 0.333. The number of hydrogen-bond acceptors (Lipinski definition) is 2. The minimum absolute atomic E-state index is 0.361. The van der Waals surface area contributed by atoms with Crippen molar-refractivity contribution in [3.8, 4) is 0 Å². The second kappa shape index (κ2) is 6.21. The Hall–Kier alpha value is -1.64. The van der Waals surface area contributed by atoms with Crippen molar-refractivity contribution in [3.63, 3.8) is 0 Å². The van der Waals surface area contributed by atoms with E-state index in [2.05, 4.69) is 74.4 Å². The fourth-order valence-electron chi connectivity index (χ4n) is 2.65.